The first kappa shape index (κ1) is 23.4. The highest BCUT2D eigenvalue weighted by molar-refractivity contribution is 8.05. The molecule has 2 amide bonds. The van der Waals surface area contributed by atoms with Crippen LogP contribution >= 0.6 is 46.0 Å². The minimum atomic E-state index is -1.78. The number of carbonyl (C=O) groups is 3. The van der Waals surface area contributed by atoms with Gasteiger partial charge in [0.15, 0.2) is 15.2 Å². The monoisotopic (exact) mass is 550 g/mol. The maximum absolute atomic E-state index is 12.9. The van der Waals surface area contributed by atoms with E-state index in [1.165, 1.54) is 0 Å². The lowest BCUT2D eigenvalue weighted by molar-refractivity contribution is -0.150. The average molecular weight is 551 g/mol. The van der Waals surface area contributed by atoms with E-state index in [9.17, 15) is 28.9 Å². The van der Waals surface area contributed by atoms with Crippen molar-refractivity contribution in [2.45, 2.75) is 15.8 Å². The van der Waals surface area contributed by atoms with E-state index < -0.39 is 45.7 Å². The number of fused-ring (bicyclic) bond motifs is 1. The van der Waals surface area contributed by atoms with E-state index in [0.717, 1.165) is 39.3 Å². The molecule has 3 unspecified atom stereocenters. The zero-order valence-corrected chi connectivity index (χ0v) is 19.8. The van der Waals surface area contributed by atoms with Gasteiger partial charge in [0.1, 0.15) is 27.1 Å². The Balaban J connectivity index is 1.58. The van der Waals surface area contributed by atoms with Crippen molar-refractivity contribution >= 4 is 90.6 Å². The maximum atomic E-state index is 12.9. The molecule has 0 radical (unpaired) electrons. The Morgan fingerprint density at radius 3 is 2.58 bits per heavy atom. The van der Waals surface area contributed by atoms with Gasteiger partial charge in [-0.25, -0.2) is 9.78 Å². The molecule has 0 bridgehead atoms. The van der Waals surface area contributed by atoms with Crippen LogP contribution in [0.5, 0.6) is 0 Å². The quantitative estimate of drug-likeness (QED) is 0.133. The number of hydrogen-bond acceptors (Lipinski definition) is 14. The summed E-state index contributed by atoms with van der Waals surface area (Å²) in [7, 11) is -1.78. The van der Waals surface area contributed by atoms with Crippen LogP contribution in [0, 0.1) is 0 Å². The number of nitrogens with one attached hydrogen (secondary N) is 1. The summed E-state index contributed by atoms with van der Waals surface area (Å²) >= 11 is 8.68. The summed E-state index contributed by atoms with van der Waals surface area (Å²) in [6.07, 6.45) is 0. The Morgan fingerprint density at radius 1 is 1.30 bits per heavy atom. The number of oxime groups is 1. The first-order chi connectivity index (χ1) is 15.6. The van der Waals surface area contributed by atoms with Gasteiger partial charge in [0.25, 0.3) is 11.8 Å². The van der Waals surface area contributed by atoms with Gasteiger partial charge < -0.3 is 27.1 Å². The van der Waals surface area contributed by atoms with Crippen molar-refractivity contribution in [2.75, 3.05) is 17.2 Å². The number of thioether (sulfide) groups is 1. The Bertz CT molecular complexity index is 1270. The number of amides is 2. The van der Waals surface area contributed by atoms with Crippen LogP contribution in [0.3, 0.4) is 0 Å². The number of hydrogen-bond donors (Lipinski definition) is 5. The fourth-order valence-corrected chi connectivity index (χ4v) is 7.71. The number of aliphatic carboxylic acids is 1. The van der Waals surface area contributed by atoms with Crippen molar-refractivity contribution in [3.63, 3.8) is 0 Å². The highest BCUT2D eigenvalue weighted by Crippen LogP contribution is 2.41. The first-order valence-electron chi connectivity index (χ1n) is 8.51. The molecular formula is C14H11ClN8O6S4. The highest BCUT2D eigenvalue weighted by Gasteiger charge is 2.57. The highest BCUT2D eigenvalue weighted by atomic mass is 35.5. The fourth-order valence-electron chi connectivity index (χ4n) is 3.06. The number of nitrogens with zero attached hydrogens (tertiary/aromatic N) is 5. The van der Waals surface area contributed by atoms with Crippen LogP contribution in [0.2, 0.25) is 4.34 Å². The lowest BCUT2D eigenvalue weighted by Gasteiger charge is -2.48. The van der Waals surface area contributed by atoms with Crippen molar-refractivity contribution in [3.8, 4) is 0 Å². The number of rotatable bonds is 6. The molecule has 3 atom stereocenters. The average Bonchev–Trinajstić information content (AvgIpc) is 3.30. The lowest BCUT2D eigenvalue weighted by atomic mass is 10.0. The second-order valence-electron chi connectivity index (χ2n) is 6.28. The normalized spacial score (nSPS) is 22.7. The number of nitrogen functional groups attached to an aromatic ring is 2. The van der Waals surface area contributed by atoms with Crippen LogP contribution in [0.15, 0.2) is 20.1 Å². The predicted molar refractivity (Wildman–Crippen MR) is 120 cm³/mol. The lowest BCUT2D eigenvalue weighted by Crippen LogP contribution is -2.73. The standard InChI is InChI=1S/C14H11ClN8O6S4/c15-7-3(19-12(16)31-7)4(22-28)8(24)18-5-9(25)23-6(11(26)27)2(1-33(29)10(5)23)30-14-21-20-13(17)32-14/h5,10,28H,1H2,(H2,16,19)(H2,17,20)(H,18,24)(H,26,27)/b22-4-. The number of aromatic nitrogens is 3. The number of carboxylic acid groups (broad SMARTS) is 1. The third kappa shape index (κ3) is 4.14. The molecule has 1 fully saturated rings. The Kier molecular flexibility index (Phi) is 6.27. The number of halogens is 1. The van der Waals surface area contributed by atoms with Gasteiger partial charge in [0, 0.05) is 4.91 Å². The molecular weight excluding hydrogens is 540 g/mol. The van der Waals surface area contributed by atoms with Crippen LogP contribution in [0.4, 0.5) is 10.3 Å². The summed E-state index contributed by atoms with van der Waals surface area (Å²) in [6.45, 7) is 0. The minimum Gasteiger partial charge on any atom is -0.477 e. The summed E-state index contributed by atoms with van der Waals surface area (Å²) in [6, 6.07) is -1.33. The Hall–Kier alpha value is -2.80. The van der Waals surface area contributed by atoms with Gasteiger partial charge >= 0.3 is 5.97 Å². The van der Waals surface area contributed by atoms with Gasteiger partial charge in [-0.05, 0) is 0 Å². The zero-order chi connectivity index (χ0) is 24.0. The molecule has 0 aliphatic carbocycles. The van der Waals surface area contributed by atoms with Crippen LogP contribution < -0.4 is 16.8 Å². The van der Waals surface area contributed by atoms with Crippen LogP contribution in [-0.2, 0) is 25.2 Å². The fraction of sp³-hybridized carbons (Fsp3) is 0.214. The van der Waals surface area contributed by atoms with Gasteiger partial charge in [-0.2, -0.15) is 0 Å². The molecule has 1 saturated heterocycles. The van der Waals surface area contributed by atoms with E-state index in [0.29, 0.717) is 4.34 Å². The van der Waals surface area contributed by atoms with Crippen LogP contribution in [0.25, 0.3) is 0 Å². The zero-order valence-electron chi connectivity index (χ0n) is 15.8. The van der Waals surface area contributed by atoms with Crippen molar-refractivity contribution in [1.29, 1.82) is 0 Å². The number of thiazole rings is 1. The van der Waals surface area contributed by atoms with Crippen molar-refractivity contribution in [2.24, 2.45) is 5.16 Å². The first-order valence-corrected chi connectivity index (χ1v) is 12.7. The maximum Gasteiger partial charge on any atom is 0.353 e. The summed E-state index contributed by atoms with van der Waals surface area (Å²) in [5, 5.41) is 30.6. The number of carbonyl (C=O) groups excluding carboxylic acids is 2. The minimum absolute atomic E-state index is 0.0154. The Morgan fingerprint density at radius 2 is 2.03 bits per heavy atom. The van der Waals surface area contributed by atoms with Crippen LogP contribution in [-0.4, -0.2) is 75.3 Å². The Labute approximate surface area is 203 Å². The molecule has 0 spiro atoms. The summed E-state index contributed by atoms with van der Waals surface area (Å²) in [5.41, 5.74) is 9.87. The SMILES string of the molecule is Nc1nnc(SC2=C(C(=O)O)N3C(=O)C(NC(=O)/C(=N\O)c4nc(N)sc4Cl)C3S(=O)C2)s1. The second-order valence-corrected chi connectivity index (χ2v) is 11.8. The van der Waals surface area contributed by atoms with E-state index in [4.69, 9.17) is 23.1 Å². The summed E-state index contributed by atoms with van der Waals surface area (Å²) < 4.78 is 13.2. The van der Waals surface area contributed by atoms with Gasteiger partial charge in [-0.15, -0.1) is 10.2 Å². The number of β-lactam (4-membered cyclic amide) rings is 1. The summed E-state index contributed by atoms with van der Waals surface area (Å²) in [4.78, 5) is 42.1. The van der Waals surface area contributed by atoms with Gasteiger partial charge in [-0.1, -0.05) is 51.2 Å². The number of carboxylic acids is 1. The molecule has 4 heterocycles. The molecule has 174 valence electrons. The summed E-state index contributed by atoms with van der Waals surface area (Å²) in [5.74, 6) is -3.47. The molecule has 2 aliphatic rings. The molecule has 4 rings (SSSR count). The smallest absolute Gasteiger partial charge is 0.353 e. The van der Waals surface area contributed by atoms with Gasteiger partial charge in [0.05, 0.1) is 16.6 Å². The van der Waals surface area contributed by atoms with Crippen molar-refractivity contribution in [1.82, 2.24) is 25.4 Å². The van der Waals surface area contributed by atoms with E-state index in [-0.39, 0.29) is 36.6 Å². The molecule has 7 N–H and O–H groups in total. The topological polar surface area (TPSA) is 227 Å². The van der Waals surface area contributed by atoms with E-state index in [1.54, 1.807) is 0 Å². The van der Waals surface area contributed by atoms with Crippen LogP contribution in [0.1, 0.15) is 5.69 Å². The van der Waals surface area contributed by atoms with Crippen molar-refractivity contribution in [3.05, 3.63) is 20.6 Å². The van der Waals surface area contributed by atoms with E-state index in [1.807, 2.05) is 0 Å². The molecule has 19 heteroatoms. The third-order valence-electron chi connectivity index (χ3n) is 4.35. The largest absolute Gasteiger partial charge is 0.477 e. The molecule has 2 aromatic heterocycles. The molecule has 14 nitrogen and oxygen atoms in total. The third-order valence-corrected chi connectivity index (χ3v) is 9.10. The number of anilines is 2. The predicted octanol–water partition coefficient (Wildman–Crippen LogP) is -0.505. The van der Waals surface area contributed by atoms with Gasteiger partial charge in [-0.3, -0.25) is 18.7 Å². The molecule has 0 saturated carbocycles. The molecule has 2 aromatic rings. The van der Waals surface area contributed by atoms with E-state index in [2.05, 4.69) is 25.7 Å². The molecule has 33 heavy (non-hydrogen) atoms. The van der Waals surface area contributed by atoms with E-state index >= 15 is 0 Å². The molecule has 2 aliphatic heterocycles. The second kappa shape index (κ2) is 8.86. The number of nitrogens with two attached hydrogens (primary N) is 2. The molecule has 0 aromatic carbocycles. The van der Waals surface area contributed by atoms with Crippen molar-refractivity contribution < 1.29 is 28.9 Å². The van der Waals surface area contributed by atoms with Gasteiger partial charge in [0.2, 0.25) is 5.13 Å².